The van der Waals surface area contributed by atoms with E-state index in [2.05, 4.69) is 15.1 Å². The smallest absolute Gasteiger partial charge is 0.389 e. The van der Waals surface area contributed by atoms with Crippen LogP contribution in [0.2, 0.25) is 0 Å². The Morgan fingerprint density at radius 3 is 2.24 bits per heavy atom. The molecule has 0 saturated carbocycles. The molecule has 1 aliphatic rings. The highest BCUT2D eigenvalue weighted by Crippen LogP contribution is 2.29. The van der Waals surface area contributed by atoms with Crippen LogP contribution in [0.3, 0.4) is 0 Å². The first-order valence-electron chi connectivity index (χ1n) is 11.3. The molecule has 3 rings (SSSR count). The largest absolute Gasteiger partial charge is 0.416 e. The normalized spacial score (nSPS) is 16.4. The third-order valence-corrected chi connectivity index (χ3v) is 5.91. The van der Waals surface area contributed by atoms with Gasteiger partial charge in [0, 0.05) is 39.8 Å². The van der Waals surface area contributed by atoms with Crippen LogP contribution in [0.15, 0.2) is 42.5 Å². The molecule has 1 aliphatic heterocycles. The molecule has 1 saturated heterocycles. The van der Waals surface area contributed by atoms with Crippen LogP contribution in [0.4, 0.5) is 18.9 Å². The average molecular weight is 482 g/mol. The molecule has 2 N–H and O–H groups in total. The van der Waals surface area contributed by atoms with Crippen molar-refractivity contribution in [3.63, 3.8) is 0 Å². The summed E-state index contributed by atoms with van der Waals surface area (Å²) in [5.74, 6) is -0.0393. The molecule has 0 aliphatic carbocycles. The van der Waals surface area contributed by atoms with Crippen LogP contribution in [0.25, 0.3) is 0 Å². The Hall–Kier alpha value is -2.46. The molecule has 1 atom stereocenters. The quantitative estimate of drug-likeness (QED) is 0.572. The minimum absolute atomic E-state index is 0. The summed E-state index contributed by atoms with van der Waals surface area (Å²) < 4.78 is 43.3. The lowest BCUT2D eigenvalue weighted by molar-refractivity contribution is -0.137. The van der Waals surface area contributed by atoms with Gasteiger partial charge in [0.2, 0.25) is 5.91 Å². The van der Waals surface area contributed by atoms with Gasteiger partial charge in [-0.1, -0.05) is 30.3 Å². The number of alkyl halides is 3. The summed E-state index contributed by atoms with van der Waals surface area (Å²) in [6.45, 7) is 7.84. The number of nitrogens with zero attached hydrogens (tertiary/aromatic N) is 2. The maximum absolute atomic E-state index is 12.6. The number of aryl methyl sites for hydroxylation is 2. The van der Waals surface area contributed by atoms with E-state index < -0.39 is 17.8 Å². The second kappa shape index (κ2) is 11.8. The van der Waals surface area contributed by atoms with Crippen LogP contribution >= 0.6 is 0 Å². The fraction of sp³-hybridized carbons (Fsp3) is 0.480. The van der Waals surface area contributed by atoms with Crippen LogP contribution in [0, 0.1) is 13.8 Å². The number of aliphatic hydroxyl groups is 1. The molecule has 9 heteroatoms. The fourth-order valence-corrected chi connectivity index (χ4v) is 3.98. The summed E-state index contributed by atoms with van der Waals surface area (Å²) in [5.41, 5.74) is 2.86. The summed E-state index contributed by atoms with van der Waals surface area (Å²) >= 11 is 0. The van der Waals surface area contributed by atoms with Crippen molar-refractivity contribution in [1.29, 1.82) is 0 Å². The standard InChI is InChI=1S/C25H32F3N3O3.H2/c1-18-4-3-5-19(2)24(18)29-23(33)15-31-12-10-30(11-13-31)14-22(32)17-34-16-20-6-8-21(9-7-20)25(26,27)28;/h3-9,22,32H,10-17H2,1-2H3,(H,29,33);1H. The van der Waals surface area contributed by atoms with Crippen molar-refractivity contribution >= 4 is 11.6 Å². The fourth-order valence-electron chi connectivity index (χ4n) is 3.98. The number of β-amino-alcohol motifs (C(OH)–C–C–N with tert-alkyl or cyclic N) is 1. The van der Waals surface area contributed by atoms with E-state index in [1.54, 1.807) is 0 Å². The number of anilines is 1. The van der Waals surface area contributed by atoms with Crippen molar-refractivity contribution in [3.8, 4) is 0 Å². The third kappa shape index (κ3) is 7.80. The van der Waals surface area contributed by atoms with Gasteiger partial charge >= 0.3 is 6.18 Å². The minimum Gasteiger partial charge on any atom is -0.389 e. The molecule has 0 bridgehead atoms. The molecule has 1 fully saturated rings. The molecule has 2 aromatic rings. The van der Waals surface area contributed by atoms with E-state index >= 15 is 0 Å². The number of para-hydroxylation sites is 1. The zero-order valence-corrected chi connectivity index (χ0v) is 19.6. The predicted molar refractivity (Wildman–Crippen MR) is 127 cm³/mol. The summed E-state index contributed by atoms with van der Waals surface area (Å²) in [6.07, 6.45) is -5.06. The van der Waals surface area contributed by atoms with Crippen LogP contribution < -0.4 is 5.32 Å². The lowest BCUT2D eigenvalue weighted by Gasteiger charge is -2.35. The molecule has 1 heterocycles. The van der Waals surface area contributed by atoms with Gasteiger partial charge in [-0.05, 0) is 42.7 Å². The van der Waals surface area contributed by atoms with Crippen LogP contribution in [0.5, 0.6) is 0 Å². The number of hydrogen-bond acceptors (Lipinski definition) is 5. The third-order valence-electron chi connectivity index (χ3n) is 5.91. The lowest BCUT2D eigenvalue weighted by Crippen LogP contribution is -2.50. The number of aliphatic hydroxyl groups excluding tert-OH is 1. The Morgan fingerprint density at radius 2 is 1.65 bits per heavy atom. The van der Waals surface area contributed by atoms with Crippen LogP contribution in [-0.2, 0) is 22.3 Å². The molecule has 188 valence electrons. The van der Waals surface area contributed by atoms with E-state index in [1.807, 2.05) is 32.0 Å². The molecule has 0 aromatic heterocycles. The van der Waals surface area contributed by atoms with Gasteiger partial charge in [-0.2, -0.15) is 13.2 Å². The van der Waals surface area contributed by atoms with Crippen molar-refractivity contribution in [2.45, 2.75) is 32.7 Å². The van der Waals surface area contributed by atoms with E-state index in [1.165, 1.54) is 12.1 Å². The van der Waals surface area contributed by atoms with Gasteiger partial charge in [-0.25, -0.2) is 0 Å². The predicted octanol–water partition coefficient (Wildman–Crippen LogP) is 3.70. The monoisotopic (exact) mass is 481 g/mol. The second-order valence-electron chi connectivity index (χ2n) is 8.76. The number of nitrogens with one attached hydrogen (secondary N) is 1. The van der Waals surface area contributed by atoms with Gasteiger partial charge in [0.25, 0.3) is 0 Å². The van der Waals surface area contributed by atoms with Gasteiger partial charge in [0.15, 0.2) is 0 Å². The molecule has 2 aromatic carbocycles. The molecule has 34 heavy (non-hydrogen) atoms. The minimum atomic E-state index is -4.36. The molecule has 0 radical (unpaired) electrons. The average Bonchev–Trinajstić information content (AvgIpc) is 2.77. The highest BCUT2D eigenvalue weighted by molar-refractivity contribution is 5.93. The molecule has 1 amide bonds. The number of carbonyl (C=O) groups excluding carboxylic acids is 1. The first-order chi connectivity index (χ1) is 16.1. The Morgan fingerprint density at radius 1 is 1.06 bits per heavy atom. The number of hydrogen-bond donors (Lipinski definition) is 2. The maximum atomic E-state index is 12.6. The molecule has 1 unspecified atom stereocenters. The zero-order valence-electron chi connectivity index (χ0n) is 19.6. The summed E-state index contributed by atoms with van der Waals surface area (Å²) in [4.78, 5) is 16.7. The van der Waals surface area contributed by atoms with Crippen molar-refractivity contribution in [2.24, 2.45) is 0 Å². The number of benzene rings is 2. The number of piperazine rings is 1. The number of carbonyl (C=O) groups is 1. The Labute approximate surface area is 199 Å². The van der Waals surface area contributed by atoms with E-state index in [9.17, 15) is 23.1 Å². The first kappa shape index (κ1) is 26.2. The zero-order chi connectivity index (χ0) is 24.7. The van der Waals surface area contributed by atoms with Crippen LogP contribution in [-0.4, -0.2) is 72.8 Å². The number of amides is 1. The number of halogens is 3. The van der Waals surface area contributed by atoms with E-state index in [-0.39, 0.29) is 20.5 Å². The summed E-state index contributed by atoms with van der Waals surface area (Å²) in [5, 5.41) is 13.3. The number of ether oxygens (including phenoxy) is 1. The molecule has 6 nitrogen and oxygen atoms in total. The lowest BCUT2D eigenvalue weighted by atomic mass is 10.1. The van der Waals surface area contributed by atoms with Gasteiger partial charge in [0.1, 0.15) is 0 Å². The van der Waals surface area contributed by atoms with Gasteiger partial charge in [-0.3, -0.25) is 14.6 Å². The second-order valence-corrected chi connectivity index (χ2v) is 8.76. The van der Waals surface area contributed by atoms with Gasteiger partial charge in [-0.15, -0.1) is 0 Å². The topological polar surface area (TPSA) is 65.0 Å². The van der Waals surface area contributed by atoms with Crippen LogP contribution in [0.1, 0.15) is 23.7 Å². The summed E-state index contributed by atoms with van der Waals surface area (Å²) in [7, 11) is 0. The van der Waals surface area contributed by atoms with E-state index in [0.29, 0.717) is 18.7 Å². The van der Waals surface area contributed by atoms with Gasteiger partial charge < -0.3 is 15.2 Å². The molecule has 0 spiro atoms. The van der Waals surface area contributed by atoms with Crippen molar-refractivity contribution < 1.29 is 29.2 Å². The highest BCUT2D eigenvalue weighted by atomic mass is 19.4. The Bertz CT molecular complexity index is 929. The highest BCUT2D eigenvalue weighted by Gasteiger charge is 2.30. The Balaban J connectivity index is 0.00000432. The first-order valence-corrected chi connectivity index (χ1v) is 11.3. The van der Waals surface area contributed by atoms with E-state index in [0.717, 1.165) is 55.1 Å². The van der Waals surface area contributed by atoms with E-state index in [4.69, 9.17) is 4.74 Å². The number of rotatable bonds is 9. The van der Waals surface area contributed by atoms with Gasteiger partial charge in [0.05, 0.1) is 31.4 Å². The molecular formula is C25H34F3N3O3. The van der Waals surface area contributed by atoms with Crippen molar-refractivity contribution in [1.82, 2.24) is 9.80 Å². The SMILES string of the molecule is Cc1cccc(C)c1NC(=O)CN1CCN(CC(O)COCc2ccc(C(F)(F)F)cc2)CC1.[HH]. The van der Waals surface area contributed by atoms with Crippen molar-refractivity contribution in [2.75, 3.05) is 51.2 Å². The Kier molecular flexibility index (Phi) is 9.07. The van der Waals surface area contributed by atoms with Crippen molar-refractivity contribution in [3.05, 3.63) is 64.7 Å². The summed E-state index contributed by atoms with van der Waals surface area (Å²) in [6, 6.07) is 10.7. The molecular weight excluding hydrogens is 447 g/mol. The maximum Gasteiger partial charge on any atom is 0.416 e.